The monoisotopic (exact) mass is 245 g/mol. The highest BCUT2D eigenvalue weighted by Crippen LogP contribution is 2.38. The lowest BCUT2D eigenvalue weighted by Gasteiger charge is -2.15. The molecule has 0 unspecified atom stereocenters. The van der Waals surface area contributed by atoms with Gasteiger partial charge in [-0.2, -0.15) is 18.3 Å². The molecule has 0 aromatic heterocycles. The Balaban J connectivity index is 2.43. The second-order valence-corrected chi connectivity index (χ2v) is 3.47. The normalized spacial score (nSPS) is 20.1. The van der Waals surface area contributed by atoms with Crippen LogP contribution in [0.4, 0.5) is 17.6 Å². The summed E-state index contributed by atoms with van der Waals surface area (Å²) in [6.07, 6.45) is -4.56. The van der Waals surface area contributed by atoms with E-state index in [-0.39, 0.29) is 17.0 Å². The summed E-state index contributed by atoms with van der Waals surface area (Å²) in [5.41, 5.74) is 5.29. The maximum atomic E-state index is 12.7. The van der Waals surface area contributed by atoms with Crippen LogP contribution in [0.5, 0.6) is 0 Å². The molecular formula is C10H7F4N3. The minimum atomic E-state index is -4.56. The molecule has 0 spiro atoms. The zero-order chi connectivity index (χ0) is 12.6. The van der Waals surface area contributed by atoms with Gasteiger partial charge in [0.15, 0.2) is 11.9 Å². The molecule has 0 amide bonds. The summed E-state index contributed by atoms with van der Waals surface area (Å²) in [6, 6.07) is 2.47. The van der Waals surface area contributed by atoms with Gasteiger partial charge in [0.25, 0.3) is 0 Å². The van der Waals surface area contributed by atoms with Gasteiger partial charge in [0.05, 0.1) is 0 Å². The zero-order valence-electron chi connectivity index (χ0n) is 8.37. The molecule has 1 aliphatic heterocycles. The van der Waals surface area contributed by atoms with Gasteiger partial charge in [-0.15, -0.1) is 5.11 Å². The number of alkyl halides is 3. The number of nitrogens with two attached hydrogens (primary N) is 1. The number of benzene rings is 1. The third-order valence-electron chi connectivity index (χ3n) is 2.30. The van der Waals surface area contributed by atoms with Crippen molar-refractivity contribution in [3.8, 4) is 0 Å². The van der Waals surface area contributed by atoms with Gasteiger partial charge in [-0.3, -0.25) is 0 Å². The molecule has 1 heterocycles. The van der Waals surface area contributed by atoms with Crippen molar-refractivity contribution in [2.45, 2.75) is 12.2 Å². The Morgan fingerprint density at radius 2 is 1.71 bits per heavy atom. The molecule has 1 aromatic rings. The Morgan fingerprint density at radius 3 is 2.24 bits per heavy atom. The molecule has 7 heteroatoms. The van der Waals surface area contributed by atoms with E-state index in [2.05, 4.69) is 10.2 Å². The van der Waals surface area contributed by atoms with Crippen LogP contribution in [0.15, 0.2) is 40.3 Å². The first-order chi connectivity index (χ1) is 7.89. The van der Waals surface area contributed by atoms with Crippen molar-refractivity contribution >= 4 is 5.57 Å². The molecule has 1 aliphatic rings. The van der Waals surface area contributed by atoms with E-state index < -0.39 is 18.0 Å². The van der Waals surface area contributed by atoms with Gasteiger partial charge in [0.1, 0.15) is 5.82 Å². The number of rotatable bonds is 1. The van der Waals surface area contributed by atoms with Crippen molar-refractivity contribution in [2.24, 2.45) is 16.0 Å². The fourth-order valence-electron chi connectivity index (χ4n) is 1.54. The Kier molecular flexibility index (Phi) is 2.60. The van der Waals surface area contributed by atoms with Crippen LogP contribution in [-0.4, -0.2) is 12.2 Å². The van der Waals surface area contributed by atoms with E-state index in [4.69, 9.17) is 5.73 Å². The van der Waals surface area contributed by atoms with Gasteiger partial charge in [0.2, 0.25) is 0 Å². The first kappa shape index (κ1) is 11.6. The van der Waals surface area contributed by atoms with Crippen LogP contribution in [0.25, 0.3) is 5.57 Å². The molecule has 0 bridgehead atoms. The van der Waals surface area contributed by atoms with Gasteiger partial charge in [-0.05, 0) is 17.7 Å². The summed E-state index contributed by atoms with van der Waals surface area (Å²) in [7, 11) is 0. The van der Waals surface area contributed by atoms with E-state index in [1.807, 2.05) is 0 Å². The molecule has 0 aliphatic carbocycles. The van der Waals surface area contributed by atoms with Crippen LogP contribution in [0, 0.1) is 5.82 Å². The van der Waals surface area contributed by atoms with Crippen LogP contribution in [0.3, 0.4) is 0 Å². The van der Waals surface area contributed by atoms with Gasteiger partial charge >= 0.3 is 6.18 Å². The average Bonchev–Trinajstić information content (AvgIpc) is 2.61. The molecule has 0 fully saturated rings. The Labute approximate surface area is 93.6 Å². The van der Waals surface area contributed by atoms with Crippen molar-refractivity contribution in [1.29, 1.82) is 0 Å². The molecule has 90 valence electrons. The van der Waals surface area contributed by atoms with E-state index in [0.29, 0.717) is 0 Å². The first-order valence-electron chi connectivity index (χ1n) is 4.63. The number of hydrogen-bond acceptors (Lipinski definition) is 3. The summed E-state index contributed by atoms with van der Waals surface area (Å²) >= 11 is 0. The number of halogens is 4. The predicted molar refractivity (Wildman–Crippen MR) is 52.2 cm³/mol. The van der Waals surface area contributed by atoms with Crippen LogP contribution in [0.2, 0.25) is 0 Å². The fraction of sp³-hybridized carbons (Fsp3) is 0.200. The van der Waals surface area contributed by atoms with Crippen LogP contribution >= 0.6 is 0 Å². The molecule has 2 N–H and O–H groups in total. The van der Waals surface area contributed by atoms with Gasteiger partial charge in [0, 0.05) is 5.57 Å². The molecule has 0 radical (unpaired) electrons. The minimum Gasteiger partial charge on any atom is -0.382 e. The quantitative estimate of drug-likeness (QED) is 0.760. The molecule has 1 atom stereocenters. The maximum Gasteiger partial charge on any atom is 0.416 e. The van der Waals surface area contributed by atoms with Gasteiger partial charge in [-0.25, -0.2) is 4.39 Å². The summed E-state index contributed by atoms with van der Waals surface area (Å²) in [6.45, 7) is 0. The zero-order valence-corrected chi connectivity index (χ0v) is 8.37. The maximum absolute atomic E-state index is 12.7. The van der Waals surface area contributed by atoms with Crippen LogP contribution in [-0.2, 0) is 0 Å². The smallest absolute Gasteiger partial charge is 0.382 e. The number of azo groups is 1. The third-order valence-corrected chi connectivity index (χ3v) is 2.30. The second kappa shape index (κ2) is 3.83. The van der Waals surface area contributed by atoms with E-state index in [0.717, 1.165) is 12.1 Å². The van der Waals surface area contributed by atoms with E-state index in [1.54, 1.807) is 0 Å². The van der Waals surface area contributed by atoms with Crippen LogP contribution < -0.4 is 5.73 Å². The lowest BCUT2D eigenvalue weighted by Crippen LogP contribution is -2.27. The lowest BCUT2D eigenvalue weighted by molar-refractivity contribution is -0.134. The largest absolute Gasteiger partial charge is 0.416 e. The molecule has 0 saturated heterocycles. The van der Waals surface area contributed by atoms with Gasteiger partial charge in [-0.1, -0.05) is 12.1 Å². The van der Waals surface area contributed by atoms with E-state index in [9.17, 15) is 17.6 Å². The van der Waals surface area contributed by atoms with Crippen molar-refractivity contribution < 1.29 is 17.6 Å². The first-order valence-corrected chi connectivity index (χ1v) is 4.63. The fourth-order valence-corrected chi connectivity index (χ4v) is 1.54. The minimum absolute atomic E-state index is 0.163. The average molecular weight is 245 g/mol. The molecule has 2 rings (SSSR count). The summed E-state index contributed by atoms with van der Waals surface area (Å²) in [5, 5.41) is 6.31. The third kappa shape index (κ3) is 2.13. The summed E-state index contributed by atoms with van der Waals surface area (Å²) in [5.74, 6) is -0.831. The number of hydrogen-bond donors (Lipinski definition) is 1. The Hall–Kier alpha value is -1.92. The Morgan fingerprint density at radius 1 is 1.12 bits per heavy atom. The lowest BCUT2D eigenvalue weighted by atomic mass is 9.99. The molecule has 0 saturated carbocycles. The highest BCUT2D eigenvalue weighted by molar-refractivity contribution is 5.73. The highest BCUT2D eigenvalue weighted by atomic mass is 19.4. The van der Waals surface area contributed by atoms with E-state index in [1.165, 1.54) is 12.1 Å². The number of nitrogens with zero attached hydrogens (tertiary/aromatic N) is 2. The summed E-state index contributed by atoms with van der Waals surface area (Å²) in [4.78, 5) is 0. The Bertz CT molecular complexity index is 487. The van der Waals surface area contributed by atoms with Crippen LogP contribution in [0.1, 0.15) is 5.56 Å². The summed E-state index contributed by atoms with van der Waals surface area (Å²) < 4.78 is 50.6. The standard InChI is InChI=1S/C10H7F4N3/c11-6-3-1-5(2-4-6)7-8(10(12,13)14)16-17-9(7)15/h1-4,8H,15H2/t8-/m0/s1. The van der Waals surface area contributed by atoms with Crippen molar-refractivity contribution in [3.05, 3.63) is 41.5 Å². The molecular weight excluding hydrogens is 238 g/mol. The van der Waals surface area contributed by atoms with Crippen molar-refractivity contribution in [1.82, 2.24) is 0 Å². The van der Waals surface area contributed by atoms with E-state index >= 15 is 0 Å². The molecule has 17 heavy (non-hydrogen) atoms. The predicted octanol–water partition coefficient (Wildman–Crippen LogP) is 2.85. The topological polar surface area (TPSA) is 50.7 Å². The van der Waals surface area contributed by atoms with Gasteiger partial charge < -0.3 is 5.73 Å². The van der Waals surface area contributed by atoms with Crippen molar-refractivity contribution in [2.75, 3.05) is 0 Å². The molecule has 1 aromatic carbocycles. The highest BCUT2D eigenvalue weighted by Gasteiger charge is 2.46. The van der Waals surface area contributed by atoms with Crippen molar-refractivity contribution in [3.63, 3.8) is 0 Å². The SMILES string of the molecule is NC1=C(c2ccc(F)cc2)[C@@H](C(F)(F)F)N=N1. The molecule has 3 nitrogen and oxygen atoms in total. The second-order valence-electron chi connectivity index (χ2n) is 3.47.